The summed E-state index contributed by atoms with van der Waals surface area (Å²) in [5, 5.41) is 1.87. The van der Waals surface area contributed by atoms with Gasteiger partial charge in [0, 0.05) is 31.9 Å². The molecule has 1 N–H and O–H groups in total. The van der Waals surface area contributed by atoms with E-state index in [-0.39, 0.29) is 19.5 Å². The first kappa shape index (κ1) is 16.0. The summed E-state index contributed by atoms with van der Waals surface area (Å²) in [6.07, 6.45) is 0.563. The predicted molar refractivity (Wildman–Crippen MR) is 72.0 cm³/mol. The van der Waals surface area contributed by atoms with Gasteiger partial charge in [0.1, 0.15) is 0 Å². The first-order valence-electron chi connectivity index (χ1n) is 5.60. The molecule has 108 valence electrons. The minimum Gasteiger partial charge on any atom is -0.469 e. The molecule has 1 aromatic heterocycles. The molecule has 0 aromatic carbocycles. The third-order valence-electron chi connectivity index (χ3n) is 2.42. The van der Waals surface area contributed by atoms with E-state index in [1.54, 1.807) is 5.51 Å². The lowest BCUT2D eigenvalue weighted by atomic mass is 10.3. The fourth-order valence-corrected chi connectivity index (χ4v) is 2.76. The Morgan fingerprint density at radius 1 is 1.58 bits per heavy atom. The fraction of sp³-hybridized carbons (Fsp3) is 0.600. The third kappa shape index (κ3) is 5.64. The molecule has 1 rings (SSSR count). The minimum absolute atomic E-state index is 0.0278. The van der Waals surface area contributed by atoms with Gasteiger partial charge in [0.05, 0.1) is 24.7 Å². The van der Waals surface area contributed by atoms with Crippen LogP contribution in [0, 0.1) is 0 Å². The maximum absolute atomic E-state index is 11.8. The predicted octanol–water partition coefficient (Wildman–Crippen LogP) is 0.0149. The van der Waals surface area contributed by atoms with Crippen molar-refractivity contribution < 1.29 is 17.9 Å². The van der Waals surface area contributed by atoms with Gasteiger partial charge in [0.25, 0.3) is 10.2 Å². The highest BCUT2D eigenvalue weighted by molar-refractivity contribution is 7.87. The van der Waals surface area contributed by atoms with Gasteiger partial charge in [-0.25, -0.2) is 9.71 Å². The number of carbonyl (C=O) groups is 1. The number of aromatic nitrogens is 1. The van der Waals surface area contributed by atoms with Gasteiger partial charge in [-0.3, -0.25) is 4.79 Å². The molecule has 0 aliphatic rings. The molecule has 7 nitrogen and oxygen atoms in total. The Bertz CT molecular complexity index is 487. The van der Waals surface area contributed by atoms with E-state index in [1.807, 2.05) is 5.38 Å². The van der Waals surface area contributed by atoms with E-state index >= 15 is 0 Å². The minimum atomic E-state index is -3.57. The van der Waals surface area contributed by atoms with Crippen LogP contribution in [0.1, 0.15) is 12.1 Å². The number of nitrogens with one attached hydrogen (secondary N) is 1. The topological polar surface area (TPSA) is 88.6 Å². The van der Waals surface area contributed by atoms with Crippen LogP contribution in [0.3, 0.4) is 0 Å². The molecule has 9 heteroatoms. The number of hydrogen-bond acceptors (Lipinski definition) is 6. The lowest BCUT2D eigenvalue weighted by Crippen LogP contribution is -2.40. The Labute approximate surface area is 116 Å². The smallest absolute Gasteiger partial charge is 0.306 e. The van der Waals surface area contributed by atoms with E-state index < -0.39 is 16.2 Å². The molecule has 1 heterocycles. The Morgan fingerprint density at radius 2 is 2.32 bits per heavy atom. The molecule has 0 amide bonds. The number of ether oxygens (including phenoxy) is 1. The number of hydrogen-bond donors (Lipinski definition) is 1. The second-order valence-corrected chi connectivity index (χ2v) is 6.36. The Balaban J connectivity index is 2.35. The van der Waals surface area contributed by atoms with Gasteiger partial charge >= 0.3 is 5.97 Å². The van der Waals surface area contributed by atoms with Gasteiger partial charge in [0.2, 0.25) is 0 Å². The molecule has 0 unspecified atom stereocenters. The summed E-state index contributed by atoms with van der Waals surface area (Å²) >= 11 is 1.47. The van der Waals surface area contributed by atoms with Crippen LogP contribution in [0.2, 0.25) is 0 Å². The van der Waals surface area contributed by atoms with E-state index in [0.717, 1.165) is 10.00 Å². The Hall–Kier alpha value is -1.03. The first-order valence-corrected chi connectivity index (χ1v) is 7.99. The molecule has 0 saturated heterocycles. The maximum atomic E-state index is 11.8. The molecule has 0 aliphatic carbocycles. The van der Waals surface area contributed by atoms with Crippen LogP contribution in [0.25, 0.3) is 0 Å². The lowest BCUT2D eigenvalue weighted by Gasteiger charge is -2.16. The highest BCUT2D eigenvalue weighted by Crippen LogP contribution is 2.02. The summed E-state index contributed by atoms with van der Waals surface area (Å²) < 4.78 is 31.6. The van der Waals surface area contributed by atoms with Gasteiger partial charge in [0.15, 0.2) is 0 Å². The highest BCUT2D eigenvalue weighted by atomic mass is 32.2. The molecule has 0 saturated carbocycles. The number of esters is 1. The average Bonchev–Trinajstić information content (AvgIpc) is 2.88. The zero-order valence-corrected chi connectivity index (χ0v) is 12.5. The van der Waals surface area contributed by atoms with Crippen molar-refractivity contribution in [3.8, 4) is 0 Å². The van der Waals surface area contributed by atoms with Crippen LogP contribution >= 0.6 is 11.3 Å². The van der Waals surface area contributed by atoms with Crippen molar-refractivity contribution in [2.75, 3.05) is 27.2 Å². The van der Waals surface area contributed by atoms with Gasteiger partial charge in [-0.15, -0.1) is 11.3 Å². The monoisotopic (exact) mass is 307 g/mol. The van der Waals surface area contributed by atoms with Crippen LogP contribution in [0.15, 0.2) is 10.9 Å². The van der Waals surface area contributed by atoms with Crippen LogP contribution in [0.5, 0.6) is 0 Å². The van der Waals surface area contributed by atoms with E-state index in [2.05, 4.69) is 14.4 Å². The maximum Gasteiger partial charge on any atom is 0.306 e. The van der Waals surface area contributed by atoms with Gasteiger partial charge in [-0.1, -0.05) is 0 Å². The van der Waals surface area contributed by atoms with Crippen molar-refractivity contribution in [2.45, 2.75) is 12.8 Å². The Kier molecular flexibility index (Phi) is 6.35. The molecule has 0 fully saturated rings. The summed E-state index contributed by atoms with van der Waals surface area (Å²) in [4.78, 5) is 15.0. The summed E-state index contributed by atoms with van der Waals surface area (Å²) in [6.45, 7) is 0.355. The van der Waals surface area contributed by atoms with Crippen molar-refractivity contribution in [2.24, 2.45) is 0 Å². The van der Waals surface area contributed by atoms with Crippen molar-refractivity contribution >= 4 is 27.5 Å². The van der Waals surface area contributed by atoms with Crippen molar-refractivity contribution in [1.29, 1.82) is 0 Å². The number of methoxy groups -OCH3 is 1. The molecule has 0 bridgehead atoms. The number of nitrogens with zero attached hydrogens (tertiary/aromatic N) is 2. The summed E-state index contributed by atoms with van der Waals surface area (Å²) in [5.41, 5.74) is 2.55. The molecule has 19 heavy (non-hydrogen) atoms. The zero-order chi connectivity index (χ0) is 14.3. The van der Waals surface area contributed by atoms with E-state index in [9.17, 15) is 13.2 Å². The zero-order valence-electron chi connectivity index (χ0n) is 10.8. The molecule has 0 atom stereocenters. The quantitative estimate of drug-likeness (QED) is 0.684. The lowest BCUT2D eigenvalue weighted by molar-refractivity contribution is -0.140. The van der Waals surface area contributed by atoms with Crippen LogP contribution in [0.4, 0.5) is 0 Å². The van der Waals surface area contributed by atoms with Crippen molar-refractivity contribution in [1.82, 2.24) is 14.0 Å². The SMILES string of the molecule is COC(=O)CCN(C)S(=O)(=O)NCCc1cscn1. The summed E-state index contributed by atoms with van der Waals surface area (Å²) in [7, 11) is -0.889. The molecular weight excluding hydrogens is 290 g/mol. The summed E-state index contributed by atoms with van der Waals surface area (Å²) in [5.74, 6) is -0.440. The van der Waals surface area contributed by atoms with Crippen LogP contribution in [-0.2, 0) is 26.2 Å². The van der Waals surface area contributed by atoms with Crippen LogP contribution < -0.4 is 4.72 Å². The standard InChI is InChI=1S/C10H17N3O4S2/c1-13(6-4-10(14)17-2)19(15,16)12-5-3-9-7-18-8-11-9/h7-8,12H,3-6H2,1-2H3. The van der Waals surface area contributed by atoms with E-state index in [1.165, 1.54) is 25.5 Å². The second kappa shape index (κ2) is 7.53. The normalized spacial score (nSPS) is 11.7. The number of thiazole rings is 1. The van der Waals surface area contributed by atoms with Gasteiger partial charge in [-0.2, -0.15) is 12.7 Å². The largest absolute Gasteiger partial charge is 0.469 e. The Morgan fingerprint density at radius 3 is 2.89 bits per heavy atom. The van der Waals surface area contributed by atoms with Gasteiger partial charge < -0.3 is 4.74 Å². The van der Waals surface area contributed by atoms with E-state index in [0.29, 0.717) is 6.42 Å². The molecule has 0 aliphatic heterocycles. The van der Waals surface area contributed by atoms with Crippen molar-refractivity contribution in [3.63, 3.8) is 0 Å². The van der Waals surface area contributed by atoms with Crippen LogP contribution in [-0.4, -0.2) is 50.9 Å². The first-order chi connectivity index (χ1) is 8.95. The molecule has 0 spiro atoms. The molecular formula is C10H17N3O4S2. The molecule has 1 aromatic rings. The second-order valence-electron chi connectivity index (χ2n) is 3.78. The molecule has 0 radical (unpaired) electrons. The van der Waals surface area contributed by atoms with Crippen molar-refractivity contribution in [3.05, 3.63) is 16.6 Å². The summed E-state index contributed by atoms with van der Waals surface area (Å²) in [6, 6.07) is 0. The average molecular weight is 307 g/mol. The van der Waals surface area contributed by atoms with E-state index in [4.69, 9.17) is 0 Å². The third-order valence-corrected chi connectivity index (χ3v) is 4.63. The highest BCUT2D eigenvalue weighted by Gasteiger charge is 2.17. The number of rotatable bonds is 8. The number of carbonyl (C=O) groups excluding carboxylic acids is 1. The van der Waals surface area contributed by atoms with Gasteiger partial charge in [-0.05, 0) is 0 Å². The fourth-order valence-electron chi connectivity index (χ4n) is 1.25.